The Bertz CT molecular complexity index is 1220. The minimum absolute atomic E-state index is 0.0120. The highest BCUT2D eigenvalue weighted by molar-refractivity contribution is 6.43. The van der Waals surface area contributed by atoms with E-state index in [0.717, 1.165) is 49.6 Å². The normalized spacial score (nSPS) is 19.8. The highest BCUT2D eigenvalue weighted by Gasteiger charge is 2.47. The zero-order chi connectivity index (χ0) is 21.9. The molecule has 1 aromatic carbocycles. The van der Waals surface area contributed by atoms with E-state index in [1.54, 1.807) is 16.7 Å². The average Bonchev–Trinajstić information content (AvgIpc) is 3.30. The molecule has 2 aromatic heterocycles. The van der Waals surface area contributed by atoms with Gasteiger partial charge in [0.05, 0.1) is 27.5 Å². The molecule has 1 spiro atoms. The van der Waals surface area contributed by atoms with E-state index in [1.165, 1.54) is 0 Å². The fraction of sp³-hybridized carbons (Fsp3) is 0.391. The molecular weight excluding hydrogens is 433 g/mol. The summed E-state index contributed by atoms with van der Waals surface area (Å²) in [7, 11) is 0. The van der Waals surface area contributed by atoms with Gasteiger partial charge in [-0.15, -0.1) is 0 Å². The van der Waals surface area contributed by atoms with Crippen molar-refractivity contribution in [2.45, 2.75) is 39.3 Å². The SMILES string of the molecule is Cc1c(N2CCC3(CC2)Cn2nccc2[C@H]3N)cc(C)n(-c2cccc(Cl)c2Cl)c1=O. The van der Waals surface area contributed by atoms with Gasteiger partial charge in [0.15, 0.2) is 0 Å². The van der Waals surface area contributed by atoms with Crippen LogP contribution in [0.1, 0.15) is 35.8 Å². The number of nitrogens with two attached hydrogens (primary N) is 1. The topological polar surface area (TPSA) is 69.1 Å². The molecule has 0 amide bonds. The highest BCUT2D eigenvalue weighted by atomic mass is 35.5. The minimum Gasteiger partial charge on any atom is -0.371 e. The van der Waals surface area contributed by atoms with Crippen molar-refractivity contribution in [2.24, 2.45) is 11.1 Å². The summed E-state index contributed by atoms with van der Waals surface area (Å²) in [5.74, 6) is 0. The molecule has 1 atom stereocenters. The van der Waals surface area contributed by atoms with E-state index in [4.69, 9.17) is 28.9 Å². The van der Waals surface area contributed by atoms with Crippen molar-refractivity contribution in [1.29, 1.82) is 0 Å². The first kappa shape index (κ1) is 20.6. The van der Waals surface area contributed by atoms with Gasteiger partial charge in [-0.25, -0.2) is 0 Å². The Morgan fingerprint density at radius 3 is 2.58 bits per heavy atom. The third-order valence-corrected chi connectivity index (χ3v) is 7.88. The third-order valence-electron chi connectivity index (χ3n) is 7.07. The zero-order valence-corrected chi connectivity index (χ0v) is 19.1. The third kappa shape index (κ3) is 3.12. The lowest BCUT2D eigenvalue weighted by atomic mass is 9.73. The Labute approximate surface area is 191 Å². The fourth-order valence-corrected chi connectivity index (χ4v) is 5.59. The predicted octanol–water partition coefficient (Wildman–Crippen LogP) is 4.26. The van der Waals surface area contributed by atoms with Crippen LogP contribution in [0.2, 0.25) is 10.0 Å². The number of benzene rings is 1. The molecule has 0 saturated carbocycles. The number of anilines is 1. The maximum Gasteiger partial charge on any atom is 0.260 e. The lowest BCUT2D eigenvalue weighted by Crippen LogP contribution is -2.45. The summed E-state index contributed by atoms with van der Waals surface area (Å²) in [5.41, 5.74) is 10.8. The molecule has 1 saturated heterocycles. The van der Waals surface area contributed by atoms with Crippen molar-refractivity contribution < 1.29 is 0 Å². The molecule has 5 rings (SSSR count). The number of piperidine rings is 1. The molecule has 3 aromatic rings. The van der Waals surface area contributed by atoms with Crippen LogP contribution in [-0.4, -0.2) is 27.4 Å². The standard InChI is InChI=1S/C23H25Cl2N5O/c1-14-12-19(15(2)22(31)30(14)17-5-3-4-16(24)20(17)25)28-10-7-23(8-11-28)13-29-18(21(23)26)6-9-27-29/h3-6,9,12,21H,7-8,10-11,13,26H2,1-2H3/t21-/m1/s1. The van der Waals surface area contributed by atoms with Gasteiger partial charge in [0.1, 0.15) is 0 Å². The van der Waals surface area contributed by atoms with Crippen molar-refractivity contribution in [1.82, 2.24) is 14.3 Å². The number of nitrogens with zero attached hydrogens (tertiary/aromatic N) is 4. The first-order valence-electron chi connectivity index (χ1n) is 10.5. The van der Waals surface area contributed by atoms with E-state index in [-0.39, 0.29) is 17.0 Å². The molecule has 0 bridgehead atoms. The molecule has 4 heterocycles. The van der Waals surface area contributed by atoms with Gasteiger partial charge in [-0.1, -0.05) is 29.3 Å². The minimum atomic E-state index is -0.0721. The fourth-order valence-electron chi connectivity index (χ4n) is 5.21. The number of pyridine rings is 1. The summed E-state index contributed by atoms with van der Waals surface area (Å²) in [6, 6.07) is 9.46. The molecule has 8 heteroatoms. The van der Waals surface area contributed by atoms with Crippen molar-refractivity contribution in [2.75, 3.05) is 18.0 Å². The number of rotatable bonds is 2. The van der Waals surface area contributed by atoms with Gasteiger partial charge in [-0.3, -0.25) is 14.0 Å². The second-order valence-corrected chi connectivity index (χ2v) is 9.54. The quantitative estimate of drug-likeness (QED) is 0.623. The van der Waals surface area contributed by atoms with Crippen molar-refractivity contribution in [3.63, 3.8) is 0 Å². The van der Waals surface area contributed by atoms with Crippen molar-refractivity contribution >= 4 is 28.9 Å². The molecule has 162 valence electrons. The van der Waals surface area contributed by atoms with E-state index in [1.807, 2.05) is 36.9 Å². The monoisotopic (exact) mass is 457 g/mol. The molecule has 2 aliphatic heterocycles. The molecule has 2 aliphatic rings. The van der Waals surface area contributed by atoms with Gasteiger partial charge in [-0.05, 0) is 51.0 Å². The van der Waals surface area contributed by atoms with Gasteiger partial charge in [-0.2, -0.15) is 5.10 Å². The average molecular weight is 458 g/mol. The number of hydrogen-bond acceptors (Lipinski definition) is 4. The van der Waals surface area contributed by atoms with E-state index < -0.39 is 0 Å². The Kier molecular flexibility index (Phi) is 4.92. The van der Waals surface area contributed by atoms with Crippen molar-refractivity contribution in [3.05, 3.63) is 73.9 Å². The number of aromatic nitrogens is 3. The molecule has 31 heavy (non-hydrogen) atoms. The molecule has 2 N–H and O–H groups in total. The number of hydrogen-bond donors (Lipinski definition) is 1. The summed E-state index contributed by atoms with van der Waals surface area (Å²) in [6.45, 7) is 6.41. The summed E-state index contributed by atoms with van der Waals surface area (Å²) >= 11 is 12.6. The number of halogens is 2. The van der Waals surface area contributed by atoms with Gasteiger partial charge in [0.2, 0.25) is 0 Å². The smallest absolute Gasteiger partial charge is 0.260 e. The summed E-state index contributed by atoms with van der Waals surface area (Å²) in [6.07, 6.45) is 3.77. The van der Waals surface area contributed by atoms with Gasteiger partial charge in [0.25, 0.3) is 5.56 Å². The van der Waals surface area contributed by atoms with Crippen molar-refractivity contribution in [3.8, 4) is 5.69 Å². The predicted molar refractivity (Wildman–Crippen MR) is 125 cm³/mol. The van der Waals surface area contributed by atoms with E-state index in [9.17, 15) is 4.79 Å². The molecule has 1 fully saturated rings. The maximum atomic E-state index is 13.3. The van der Waals surface area contributed by atoms with Crippen LogP contribution >= 0.6 is 23.2 Å². The Morgan fingerprint density at radius 1 is 1.13 bits per heavy atom. The van der Waals surface area contributed by atoms with Gasteiger partial charge >= 0.3 is 0 Å². The van der Waals surface area contributed by atoms with Crippen LogP contribution in [0.3, 0.4) is 0 Å². The first-order chi connectivity index (χ1) is 14.8. The van der Waals surface area contributed by atoms with E-state index in [2.05, 4.69) is 16.1 Å². The lowest BCUT2D eigenvalue weighted by Gasteiger charge is -2.42. The zero-order valence-electron chi connectivity index (χ0n) is 17.6. The van der Waals surface area contributed by atoms with Crippen LogP contribution in [0.5, 0.6) is 0 Å². The highest BCUT2D eigenvalue weighted by Crippen LogP contribution is 2.48. The van der Waals surface area contributed by atoms with Crippen LogP contribution in [0.25, 0.3) is 5.69 Å². The Balaban J connectivity index is 1.44. The summed E-state index contributed by atoms with van der Waals surface area (Å²) in [5, 5.41) is 5.24. The van der Waals surface area contributed by atoms with E-state index >= 15 is 0 Å². The second-order valence-electron chi connectivity index (χ2n) is 8.75. The molecule has 0 radical (unpaired) electrons. The first-order valence-corrected chi connectivity index (χ1v) is 11.3. The van der Waals surface area contributed by atoms with Crippen LogP contribution in [0.15, 0.2) is 41.3 Å². The van der Waals surface area contributed by atoms with Crippen LogP contribution in [0, 0.1) is 19.3 Å². The van der Waals surface area contributed by atoms with Crippen LogP contribution in [-0.2, 0) is 6.54 Å². The van der Waals surface area contributed by atoms with E-state index in [0.29, 0.717) is 21.3 Å². The maximum absolute atomic E-state index is 13.3. The van der Waals surface area contributed by atoms with Crippen LogP contribution < -0.4 is 16.2 Å². The summed E-state index contributed by atoms with van der Waals surface area (Å²) in [4.78, 5) is 15.6. The van der Waals surface area contributed by atoms with Crippen LogP contribution in [0.4, 0.5) is 5.69 Å². The molecule has 0 unspecified atom stereocenters. The number of aryl methyl sites for hydroxylation is 1. The second kappa shape index (κ2) is 7.40. The molecule has 6 nitrogen and oxygen atoms in total. The lowest BCUT2D eigenvalue weighted by molar-refractivity contribution is 0.170. The summed E-state index contributed by atoms with van der Waals surface area (Å²) < 4.78 is 3.69. The number of fused-ring (bicyclic) bond motifs is 1. The molecule has 0 aliphatic carbocycles. The van der Waals surface area contributed by atoms with Gasteiger partial charge in [0, 0.05) is 48.2 Å². The molecular formula is C23H25Cl2N5O. The largest absolute Gasteiger partial charge is 0.371 e. The Hall–Kier alpha value is -2.28. The Morgan fingerprint density at radius 2 is 1.87 bits per heavy atom. The van der Waals surface area contributed by atoms with Gasteiger partial charge < -0.3 is 10.6 Å².